The number of amides is 1. The average molecular weight is 206 g/mol. The average Bonchev–Trinajstić information content (AvgIpc) is 2.38. The molecule has 0 unspecified atom stereocenters. The van der Waals surface area contributed by atoms with Crippen LogP contribution in [0.15, 0.2) is 12.1 Å². The molecule has 0 saturated carbocycles. The van der Waals surface area contributed by atoms with Crippen molar-refractivity contribution in [1.29, 1.82) is 0 Å². The largest absolute Gasteiger partial charge is 0.478 e. The Hall–Kier alpha value is -1.58. The maximum Gasteiger partial charge on any atom is 0.253 e. The summed E-state index contributed by atoms with van der Waals surface area (Å²) in [5.41, 5.74) is 1.00. The topological polar surface area (TPSA) is 51.2 Å². The fraction of sp³-hybridized carbons (Fsp3) is 0.455. The second-order valence-corrected chi connectivity index (χ2v) is 4.06. The van der Waals surface area contributed by atoms with E-state index in [1.165, 1.54) is 0 Å². The number of carbonyl (C=O) groups is 1. The van der Waals surface area contributed by atoms with Gasteiger partial charge >= 0.3 is 0 Å². The fourth-order valence-electron chi connectivity index (χ4n) is 1.74. The van der Waals surface area contributed by atoms with Crippen molar-refractivity contribution in [3.8, 4) is 5.88 Å². The summed E-state index contributed by atoms with van der Waals surface area (Å²) >= 11 is 0. The molecule has 1 aliphatic heterocycles. The van der Waals surface area contributed by atoms with Crippen molar-refractivity contribution in [2.45, 2.75) is 26.3 Å². The summed E-state index contributed by atoms with van der Waals surface area (Å²) in [7, 11) is 0. The Bertz CT molecular complexity index is 413. The van der Waals surface area contributed by atoms with Crippen LogP contribution in [0.2, 0.25) is 0 Å². The highest BCUT2D eigenvalue weighted by molar-refractivity contribution is 5.99. The van der Waals surface area contributed by atoms with Crippen molar-refractivity contribution in [1.82, 2.24) is 10.3 Å². The van der Waals surface area contributed by atoms with Crippen LogP contribution in [0, 0.1) is 0 Å². The molecular weight excluding hydrogens is 192 g/mol. The minimum atomic E-state index is -0.403. The number of hydrogen-bond donors (Lipinski definition) is 1. The maximum atomic E-state index is 11.6. The molecule has 80 valence electrons. The molecule has 1 N–H and O–H groups in total. The number of fused-ring (bicyclic) bond motifs is 1. The minimum Gasteiger partial charge on any atom is -0.478 e. The molecule has 0 aliphatic carbocycles. The zero-order valence-corrected chi connectivity index (χ0v) is 9.13. The second-order valence-electron chi connectivity index (χ2n) is 4.06. The van der Waals surface area contributed by atoms with Crippen LogP contribution in [0.3, 0.4) is 0 Å². The number of pyridine rings is 1. The highest BCUT2D eigenvalue weighted by Crippen LogP contribution is 2.30. The van der Waals surface area contributed by atoms with Gasteiger partial charge in [-0.1, -0.05) is 0 Å². The monoisotopic (exact) mass is 206 g/mol. The zero-order chi connectivity index (χ0) is 11.1. The van der Waals surface area contributed by atoms with Gasteiger partial charge in [0.15, 0.2) is 0 Å². The van der Waals surface area contributed by atoms with Crippen LogP contribution in [-0.2, 0) is 5.54 Å². The number of rotatable bonds is 2. The van der Waals surface area contributed by atoms with E-state index in [1.807, 2.05) is 20.8 Å². The van der Waals surface area contributed by atoms with Crippen molar-refractivity contribution in [3.63, 3.8) is 0 Å². The Morgan fingerprint density at radius 2 is 2.20 bits per heavy atom. The lowest BCUT2D eigenvalue weighted by atomic mass is 10.0. The van der Waals surface area contributed by atoms with Crippen LogP contribution < -0.4 is 10.1 Å². The van der Waals surface area contributed by atoms with E-state index >= 15 is 0 Å². The highest BCUT2D eigenvalue weighted by atomic mass is 16.5. The Kier molecular flexibility index (Phi) is 2.14. The molecule has 2 heterocycles. The first-order valence-corrected chi connectivity index (χ1v) is 5.01. The third kappa shape index (κ3) is 1.56. The van der Waals surface area contributed by atoms with Gasteiger partial charge in [0.2, 0.25) is 5.88 Å². The van der Waals surface area contributed by atoms with Gasteiger partial charge in [-0.25, -0.2) is 4.98 Å². The van der Waals surface area contributed by atoms with Gasteiger partial charge in [-0.05, 0) is 26.8 Å². The molecule has 1 aromatic heterocycles. The first-order valence-electron chi connectivity index (χ1n) is 5.01. The van der Waals surface area contributed by atoms with Gasteiger partial charge in [-0.2, -0.15) is 0 Å². The Labute approximate surface area is 88.7 Å². The smallest absolute Gasteiger partial charge is 0.253 e. The number of nitrogens with one attached hydrogen (secondary N) is 1. The molecule has 0 radical (unpaired) electrons. The van der Waals surface area contributed by atoms with Crippen LogP contribution in [0.25, 0.3) is 0 Å². The van der Waals surface area contributed by atoms with Crippen LogP contribution in [-0.4, -0.2) is 17.5 Å². The van der Waals surface area contributed by atoms with E-state index in [0.717, 1.165) is 5.69 Å². The molecule has 0 bridgehead atoms. The maximum absolute atomic E-state index is 11.6. The summed E-state index contributed by atoms with van der Waals surface area (Å²) in [6.07, 6.45) is 0. The summed E-state index contributed by atoms with van der Waals surface area (Å²) in [6.45, 7) is 6.34. The molecule has 15 heavy (non-hydrogen) atoms. The summed E-state index contributed by atoms with van der Waals surface area (Å²) in [4.78, 5) is 15.9. The van der Waals surface area contributed by atoms with Crippen LogP contribution in [0.4, 0.5) is 0 Å². The van der Waals surface area contributed by atoms with E-state index in [1.54, 1.807) is 12.1 Å². The molecule has 1 aliphatic rings. The zero-order valence-electron chi connectivity index (χ0n) is 9.13. The first kappa shape index (κ1) is 9.96. The van der Waals surface area contributed by atoms with Crippen molar-refractivity contribution in [2.24, 2.45) is 0 Å². The molecule has 0 saturated heterocycles. The molecule has 0 atom stereocenters. The van der Waals surface area contributed by atoms with Gasteiger partial charge < -0.3 is 10.1 Å². The SMILES string of the molecule is CCOc1ccc2c(n1)C(C)(C)NC2=O. The number of ether oxygens (including phenoxy) is 1. The second kappa shape index (κ2) is 3.22. The van der Waals surface area contributed by atoms with Crippen molar-refractivity contribution in [2.75, 3.05) is 6.61 Å². The number of hydrogen-bond acceptors (Lipinski definition) is 3. The Morgan fingerprint density at radius 1 is 1.47 bits per heavy atom. The van der Waals surface area contributed by atoms with Crippen molar-refractivity contribution in [3.05, 3.63) is 23.4 Å². The molecule has 2 rings (SSSR count). The van der Waals surface area contributed by atoms with Crippen molar-refractivity contribution < 1.29 is 9.53 Å². The van der Waals surface area contributed by atoms with Gasteiger partial charge in [0.1, 0.15) is 0 Å². The normalized spacial score (nSPS) is 17.1. The summed E-state index contributed by atoms with van der Waals surface area (Å²) in [5.74, 6) is 0.506. The third-order valence-corrected chi connectivity index (χ3v) is 2.42. The molecule has 1 amide bonds. The lowest BCUT2D eigenvalue weighted by Gasteiger charge is -2.18. The highest BCUT2D eigenvalue weighted by Gasteiger charge is 2.36. The predicted octanol–water partition coefficient (Wildman–Crippen LogP) is 1.46. The van der Waals surface area contributed by atoms with Crippen LogP contribution in [0.5, 0.6) is 5.88 Å². The molecule has 0 aromatic carbocycles. The Balaban J connectivity index is 2.47. The van der Waals surface area contributed by atoms with Gasteiger partial charge in [-0.15, -0.1) is 0 Å². The number of carbonyl (C=O) groups excluding carboxylic acids is 1. The predicted molar refractivity (Wildman–Crippen MR) is 55.9 cm³/mol. The molecule has 0 spiro atoms. The number of nitrogens with zero attached hydrogens (tertiary/aromatic N) is 1. The van der Waals surface area contributed by atoms with Gasteiger partial charge in [-0.3, -0.25) is 4.79 Å². The lowest BCUT2D eigenvalue weighted by molar-refractivity contribution is 0.0940. The number of aromatic nitrogens is 1. The quantitative estimate of drug-likeness (QED) is 0.797. The summed E-state index contributed by atoms with van der Waals surface area (Å²) in [6, 6.07) is 3.49. The van der Waals surface area contributed by atoms with E-state index in [9.17, 15) is 4.79 Å². The Morgan fingerprint density at radius 3 is 2.87 bits per heavy atom. The van der Waals surface area contributed by atoms with Gasteiger partial charge in [0.25, 0.3) is 5.91 Å². The van der Waals surface area contributed by atoms with Crippen LogP contribution >= 0.6 is 0 Å². The molecule has 0 fully saturated rings. The van der Waals surface area contributed by atoms with Crippen LogP contribution in [0.1, 0.15) is 36.8 Å². The fourth-order valence-corrected chi connectivity index (χ4v) is 1.74. The van der Waals surface area contributed by atoms with E-state index in [2.05, 4.69) is 10.3 Å². The summed E-state index contributed by atoms with van der Waals surface area (Å²) < 4.78 is 5.31. The van der Waals surface area contributed by atoms with E-state index in [-0.39, 0.29) is 5.91 Å². The first-order chi connectivity index (χ1) is 7.04. The lowest BCUT2D eigenvalue weighted by Crippen LogP contribution is -2.33. The molecule has 4 heteroatoms. The van der Waals surface area contributed by atoms with E-state index < -0.39 is 5.54 Å². The van der Waals surface area contributed by atoms with Gasteiger partial charge in [0, 0.05) is 6.07 Å². The van der Waals surface area contributed by atoms with E-state index in [4.69, 9.17) is 4.74 Å². The molecular formula is C11H14N2O2. The molecule has 1 aromatic rings. The molecule has 4 nitrogen and oxygen atoms in total. The standard InChI is InChI=1S/C11H14N2O2/c1-4-15-8-6-5-7-9(12-8)11(2,3)13-10(7)14/h5-6H,4H2,1-3H3,(H,13,14). The van der Waals surface area contributed by atoms with E-state index in [0.29, 0.717) is 18.1 Å². The third-order valence-electron chi connectivity index (χ3n) is 2.42. The summed E-state index contributed by atoms with van der Waals surface area (Å²) in [5, 5.41) is 2.87. The van der Waals surface area contributed by atoms with Crippen molar-refractivity contribution >= 4 is 5.91 Å². The van der Waals surface area contributed by atoms with Gasteiger partial charge in [0.05, 0.1) is 23.4 Å². The minimum absolute atomic E-state index is 0.0643.